The van der Waals surface area contributed by atoms with E-state index in [-0.39, 0.29) is 5.41 Å². The Bertz CT molecular complexity index is 401. The lowest BCUT2D eigenvalue weighted by Gasteiger charge is -2.08. The highest BCUT2D eigenvalue weighted by atomic mass is 16.5. The molecule has 0 spiro atoms. The predicted molar refractivity (Wildman–Crippen MR) is 66.8 cm³/mol. The molecule has 1 saturated carbocycles. The molecular weight excluding hydrogens is 212 g/mol. The van der Waals surface area contributed by atoms with Gasteiger partial charge in [-0.05, 0) is 43.5 Å². The van der Waals surface area contributed by atoms with Crippen LogP contribution in [-0.2, 0) is 6.42 Å². The van der Waals surface area contributed by atoms with E-state index in [0.29, 0.717) is 0 Å². The van der Waals surface area contributed by atoms with Crippen molar-refractivity contribution in [2.75, 3.05) is 20.2 Å². The lowest BCUT2D eigenvalue weighted by Crippen LogP contribution is -2.25. The van der Waals surface area contributed by atoms with E-state index in [2.05, 4.69) is 23.5 Å². The number of benzene rings is 1. The fourth-order valence-electron chi connectivity index (χ4n) is 1.83. The number of nitriles is 1. The first-order valence-corrected chi connectivity index (χ1v) is 6.03. The monoisotopic (exact) mass is 230 g/mol. The Hall–Kier alpha value is -1.53. The molecule has 0 saturated heterocycles. The normalized spacial score (nSPS) is 16.2. The van der Waals surface area contributed by atoms with Crippen LogP contribution in [0.3, 0.4) is 0 Å². The summed E-state index contributed by atoms with van der Waals surface area (Å²) in [7, 11) is 1.67. The fourth-order valence-corrected chi connectivity index (χ4v) is 1.83. The van der Waals surface area contributed by atoms with E-state index < -0.39 is 0 Å². The molecule has 1 N–H and O–H groups in total. The van der Waals surface area contributed by atoms with E-state index in [0.717, 1.165) is 38.1 Å². The van der Waals surface area contributed by atoms with E-state index in [1.54, 1.807) is 7.11 Å². The maximum atomic E-state index is 8.93. The van der Waals surface area contributed by atoms with Gasteiger partial charge in [0.15, 0.2) is 0 Å². The summed E-state index contributed by atoms with van der Waals surface area (Å²) < 4.78 is 5.11. The first-order chi connectivity index (χ1) is 8.28. The van der Waals surface area contributed by atoms with E-state index in [4.69, 9.17) is 10.00 Å². The molecule has 1 aromatic carbocycles. The third-order valence-electron chi connectivity index (χ3n) is 3.30. The minimum atomic E-state index is -0.0418. The Morgan fingerprint density at radius 3 is 2.59 bits per heavy atom. The van der Waals surface area contributed by atoms with Crippen molar-refractivity contribution in [2.24, 2.45) is 5.41 Å². The SMILES string of the molecule is COc1ccc(CCNCC2(C#N)CC2)cc1. The zero-order chi connectivity index (χ0) is 12.1. The van der Waals surface area contributed by atoms with Crippen molar-refractivity contribution in [2.45, 2.75) is 19.3 Å². The van der Waals surface area contributed by atoms with Gasteiger partial charge in [0.1, 0.15) is 5.75 Å². The standard InChI is InChI=1S/C14H18N2O/c1-17-13-4-2-12(3-5-13)6-9-16-11-14(10-15)7-8-14/h2-5,16H,6-9,11H2,1H3. The van der Waals surface area contributed by atoms with Crippen molar-refractivity contribution in [3.63, 3.8) is 0 Å². The molecule has 1 aromatic rings. The Balaban J connectivity index is 1.69. The number of nitrogens with zero attached hydrogens (tertiary/aromatic N) is 1. The molecule has 17 heavy (non-hydrogen) atoms. The molecule has 0 unspecified atom stereocenters. The molecule has 0 radical (unpaired) electrons. The van der Waals surface area contributed by atoms with Crippen molar-refractivity contribution >= 4 is 0 Å². The first-order valence-electron chi connectivity index (χ1n) is 6.03. The van der Waals surface area contributed by atoms with Crippen LogP contribution in [0, 0.1) is 16.7 Å². The van der Waals surface area contributed by atoms with Crippen molar-refractivity contribution < 1.29 is 4.74 Å². The molecule has 0 amide bonds. The summed E-state index contributed by atoms with van der Waals surface area (Å²) >= 11 is 0. The van der Waals surface area contributed by atoms with E-state index >= 15 is 0 Å². The molecule has 0 aromatic heterocycles. The average Bonchev–Trinajstić information content (AvgIpc) is 3.16. The summed E-state index contributed by atoms with van der Waals surface area (Å²) in [4.78, 5) is 0. The van der Waals surface area contributed by atoms with Crippen LogP contribution in [0.15, 0.2) is 24.3 Å². The van der Waals surface area contributed by atoms with Crippen LogP contribution in [0.2, 0.25) is 0 Å². The van der Waals surface area contributed by atoms with Gasteiger partial charge in [-0.3, -0.25) is 0 Å². The topological polar surface area (TPSA) is 45.0 Å². The van der Waals surface area contributed by atoms with Crippen molar-refractivity contribution in [3.05, 3.63) is 29.8 Å². The zero-order valence-corrected chi connectivity index (χ0v) is 10.2. The largest absolute Gasteiger partial charge is 0.497 e. The summed E-state index contributed by atoms with van der Waals surface area (Å²) in [6.45, 7) is 1.76. The molecule has 0 atom stereocenters. The van der Waals surface area contributed by atoms with Crippen LogP contribution < -0.4 is 10.1 Å². The smallest absolute Gasteiger partial charge is 0.118 e. The highest BCUT2D eigenvalue weighted by Gasteiger charge is 2.42. The summed E-state index contributed by atoms with van der Waals surface area (Å²) in [5.41, 5.74) is 1.25. The van der Waals surface area contributed by atoms with Gasteiger partial charge in [-0.15, -0.1) is 0 Å². The number of rotatable bonds is 6. The van der Waals surface area contributed by atoms with Gasteiger partial charge in [0, 0.05) is 6.54 Å². The maximum absolute atomic E-state index is 8.93. The van der Waals surface area contributed by atoms with E-state index in [1.807, 2.05) is 12.1 Å². The summed E-state index contributed by atoms with van der Waals surface area (Å²) in [6, 6.07) is 10.5. The molecule has 1 aliphatic carbocycles. The van der Waals surface area contributed by atoms with Crippen molar-refractivity contribution in [1.29, 1.82) is 5.26 Å². The predicted octanol–water partition coefficient (Wildman–Crippen LogP) is 2.13. The molecule has 3 nitrogen and oxygen atoms in total. The molecule has 90 valence electrons. The van der Waals surface area contributed by atoms with Crippen molar-refractivity contribution in [3.8, 4) is 11.8 Å². The third-order valence-corrected chi connectivity index (χ3v) is 3.30. The highest BCUT2D eigenvalue weighted by molar-refractivity contribution is 5.27. The van der Waals surface area contributed by atoms with Crippen LogP contribution in [0.5, 0.6) is 5.75 Å². The average molecular weight is 230 g/mol. The maximum Gasteiger partial charge on any atom is 0.118 e. The van der Waals surface area contributed by atoms with Gasteiger partial charge in [-0.1, -0.05) is 12.1 Å². The van der Waals surface area contributed by atoms with Gasteiger partial charge in [0.2, 0.25) is 0 Å². The highest BCUT2D eigenvalue weighted by Crippen LogP contribution is 2.43. The molecule has 0 aliphatic heterocycles. The Morgan fingerprint density at radius 1 is 1.35 bits per heavy atom. The lowest BCUT2D eigenvalue weighted by molar-refractivity contribution is 0.414. The molecule has 0 bridgehead atoms. The second-order valence-corrected chi connectivity index (χ2v) is 4.67. The van der Waals surface area contributed by atoms with Gasteiger partial charge in [0.05, 0.1) is 18.6 Å². The van der Waals surface area contributed by atoms with Crippen LogP contribution >= 0.6 is 0 Å². The third kappa shape index (κ3) is 3.21. The minimum absolute atomic E-state index is 0.0418. The Kier molecular flexibility index (Phi) is 3.65. The van der Waals surface area contributed by atoms with Gasteiger partial charge < -0.3 is 10.1 Å². The number of hydrogen-bond acceptors (Lipinski definition) is 3. The number of hydrogen-bond donors (Lipinski definition) is 1. The Labute approximate surface area is 102 Å². The quantitative estimate of drug-likeness (QED) is 0.761. The summed E-state index contributed by atoms with van der Waals surface area (Å²) in [5, 5.41) is 12.3. The number of methoxy groups -OCH3 is 1. The van der Waals surface area contributed by atoms with Gasteiger partial charge >= 0.3 is 0 Å². The molecule has 1 aliphatic rings. The van der Waals surface area contributed by atoms with Gasteiger partial charge in [-0.2, -0.15) is 5.26 Å². The van der Waals surface area contributed by atoms with Gasteiger partial charge in [0.25, 0.3) is 0 Å². The van der Waals surface area contributed by atoms with E-state index in [9.17, 15) is 0 Å². The zero-order valence-electron chi connectivity index (χ0n) is 10.2. The number of ether oxygens (including phenoxy) is 1. The summed E-state index contributed by atoms with van der Waals surface area (Å²) in [6.07, 6.45) is 3.10. The van der Waals surface area contributed by atoms with Gasteiger partial charge in [-0.25, -0.2) is 0 Å². The molecule has 1 fully saturated rings. The second-order valence-electron chi connectivity index (χ2n) is 4.67. The van der Waals surface area contributed by atoms with Crippen LogP contribution in [0.1, 0.15) is 18.4 Å². The molecule has 3 heteroatoms. The van der Waals surface area contributed by atoms with Crippen molar-refractivity contribution in [1.82, 2.24) is 5.32 Å². The minimum Gasteiger partial charge on any atom is -0.497 e. The first kappa shape index (κ1) is 11.9. The Morgan fingerprint density at radius 2 is 2.06 bits per heavy atom. The lowest BCUT2D eigenvalue weighted by atomic mass is 10.1. The molecule has 0 heterocycles. The van der Waals surface area contributed by atoms with Crippen LogP contribution in [0.25, 0.3) is 0 Å². The van der Waals surface area contributed by atoms with Crippen LogP contribution in [-0.4, -0.2) is 20.2 Å². The van der Waals surface area contributed by atoms with Crippen LogP contribution in [0.4, 0.5) is 0 Å². The molecular formula is C14H18N2O. The van der Waals surface area contributed by atoms with E-state index in [1.165, 1.54) is 5.56 Å². The fraction of sp³-hybridized carbons (Fsp3) is 0.500. The molecule has 2 rings (SSSR count). The number of nitrogens with one attached hydrogen (secondary N) is 1. The summed E-state index contributed by atoms with van der Waals surface area (Å²) in [5.74, 6) is 0.892. The second kappa shape index (κ2) is 5.20.